The van der Waals surface area contributed by atoms with E-state index in [0.29, 0.717) is 27.7 Å². The molecule has 1 N–H and O–H groups in total. The first-order chi connectivity index (χ1) is 15.1. The van der Waals surface area contributed by atoms with Crippen LogP contribution in [0.5, 0.6) is 5.75 Å². The average Bonchev–Trinajstić information content (AvgIpc) is 3.27. The third kappa shape index (κ3) is 4.31. The van der Waals surface area contributed by atoms with Crippen molar-refractivity contribution in [3.8, 4) is 5.75 Å². The lowest BCUT2D eigenvalue weighted by atomic mass is 10.1. The smallest absolute Gasteiger partial charge is 0.340 e. The van der Waals surface area contributed by atoms with Crippen molar-refractivity contribution >= 4 is 33.9 Å². The summed E-state index contributed by atoms with van der Waals surface area (Å²) in [5, 5.41) is 4.47. The van der Waals surface area contributed by atoms with Crippen LogP contribution in [-0.2, 0) is 11.3 Å². The number of para-hydroxylation sites is 2. The summed E-state index contributed by atoms with van der Waals surface area (Å²) in [5.74, 6) is -0.652. The number of methoxy groups -OCH3 is 1. The Hall–Kier alpha value is -3.98. The minimum Gasteiger partial charge on any atom is -0.496 e. The normalized spacial score (nSPS) is 10.6. The molecule has 156 valence electrons. The van der Waals surface area contributed by atoms with Crippen molar-refractivity contribution in [2.24, 2.45) is 0 Å². The Morgan fingerprint density at radius 2 is 1.84 bits per heavy atom. The molecule has 31 heavy (non-hydrogen) atoms. The number of nitrogens with one attached hydrogen (secondary N) is 1. The summed E-state index contributed by atoms with van der Waals surface area (Å²) in [7, 11) is 1.48. The van der Waals surface area contributed by atoms with Gasteiger partial charge in [-0.25, -0.2) is 9.78 Å². The van der Waals surface area contributed by atoms with Crippen LogP contribution in [0, 0.1) is 0 Å². The van der Waals surface area contributed by atoms with Gasteiger partial charge in [-0.2, -0.15) is 0 Å². The van der Waals surface area contributed by atoms with Gasteiger partial charge in [0.25, 0.3) is 11.5 Å². The van der Waals surface area contributed by atoms with Crippen molar-refractivity contribution in [1.29, 1.82) is 0 Å². The van der Waals surface area contributed by atoms with Crippen LogP contribution in [0.2, 0.25) is 0 Å². The van der Waals surface area contributed by atoms with E-state index in [2.05, 4.69) is 10.3 Å². The van der Waals surface area contributed by atoms with Crippen molar-refractivity contribution in [3.63, 3.8) is 0 Å². The topological polar surface area (TPSA) is 99.0 Å². The molecule has 8 nitrogen and oxygen atoms in total. The zero-order chi connectivity index (χ0) is 21.8. The molecule has 0 aliphatic heterocycles. The molecule has 0 unspecified atom stereocenters. The maximum absolute atomic E-state index is 12.7. The van der Waals surface area contributed by atoms with E-state index in [1.54, 1.807) is 60.1 Å². The fraction of sp³-hybridized carbons (Fsp3) is 0.0909. The fourth-order valence-corrected chi connectivity index (χ4v) is 3.71. The number of nitrogens with zero attached hydrogens (tertiary/aromatic N) is 2. The molecule has 0 saturated carbocycles. The number of hydrogen-bond acceptors (Lipinski definition) is 7. The highest BCUT2D eigenvalue weighted by Crippen LogP contribution is 2.22. The molecule has 0 aliphatic rings. The molecule has 0 fully saturated rings. The van der Waals surface area contributed by atoms with Gasteiger partial charge >= 0.3 is 5.97 Å². The van der Waals surface area contributed by atoms with Gasteiger partial charge < -0.3 is 14.8 Å². The molecule has 0 spiro atoms. The number of benzene rings is 2. The van der Waals surface area contributed by atoms with Crippen molar-refractivity contribution in [2.45, 2.75) is 6.61 Å². The Morgan fingerprint density at radius 3 is 2.65 bits per heavy atom. The fourth-order valence-electron chi connectivity index (χ4n) is 2.97. The Kier molecular flexibility index (Phi) is 5.76. The summed E-state index contributed by atoms with van der Waals surface area (Å²) in [6, 6.07) is 14.6. The highest BCUT2D eigenvalue weighted by Gasteiger charge is 2.18. The van der Waals surface area contributed by atoms with Crippen LogP contribution in [0.4, 0.5) is 5.69 Å². The molecule has 2 aromatic carbocycles. The number of amides is 1. The Morgan fingerprint density at radius 1 is 1.10 bits per heavy atom. The number of rotatable bonds is 6. The highest BCUT2D eigenvalue weighted by molar-refractivity contribution is 7.15. The molecule has 1 amide bonds. The number of aromatic nitrogens is 2. The summed E-state index contributed by atoms with van der Waals surface area (Å²) in [6.07, 6.45) is 1.63. The number of esters is 1. The highest BCUT2D eigenvalue weighted by atomic mass is 32.1. The third-order valence-electron chi connectivity index (χ3n) is 4.45. The Balaban J connectivity index is 1.51. The number of thiazole rings is 1. The van der Waals surface area contributed by atoms with Crippen LogP contribution in [0.15, 0.2) is 71.0 Å². The lowest BCUT2D eigenvalue weighted by Gasteiger charge is -2.12. The van der Waals surface area contributed by atoms with E-state index < -0.39 is 11.9 Å². The SMILES string of the molecule is COc1ccccc1C(=O)Nc1ccccc1C(=O)OCc1cc(=O)n2ccsc2n1. The molecule has 0 atom stereocenters. The number of fused-ring (bicyclic) bond motifs is 1. The molecule has 2 heterocycles. The van der Waals surface area contributed by atoms with Crippen molar-refractivity contribution in [2.75, 3.05) is 12.4 Å². The lowest BCUT2D eigenvalue weighted by molar-refractivity contribution is 0.0469. The third-order valence-corrected chi connectivity index (χ3v) is 5.21. The van der Waals surface area contributed by atoms with Gasteiger partial charge in [0.15, 0.2) is 4.96 Å². The zero-order valence-electron chi connectivity index (χ0n) is 16.4. The van der Waals surface area contributed by atoms with Gasteiger partial charge in [-0.3, -0.25) is 14.0 Å². The first-order valence-corrected chi connectivity index (χ1v) is 10.1. The molecule has 2 aromatic heterocycles. The molecular formula is C22H17N3O5S. The zero-order valence-corrected chi connectivity index (χ0v) is 17.2. The van der Waals surface area contributed by atoms with E-state index in [4.69, 9.17) is 9.47 Å². The molecule has 0 radical (unpaired) electrons. The largest absolute Gasteiger partial charge is 0.496 e. The predicted molar refractivity (Wildman–Crippen MR) is 116 cm³/mol. The van der Waals surface area contributed by atoms with Gasteiger partial charge in [0.2, 0.25) is 0 Å². The van der Waals surface area contributed by atoms with Crippen LogP contribution in [0.1, 0.15) is 26.4 Å². The van der Waals surface area contributed by atoms with E-state index >= 15 is 0 Å². The van der Waals surface area contributed by atoms with E-state index in [1.165, 1.54) is 28.9 Å². The molecule has 0 bridgehead atoms. The van der Waals surface area contributed by atoms with Gasteiger partial charge in [0.05, 0.1) is 29.6 Å². The van der Waals surface area contributed by atoms with E-state index in [1.807, 2.05) is 0 Å². The van der Waals surface area contributed by atoms with Crippen molar-refractivity contribution < 1.29 is 19.1 Å². The van der Waals surface area contributed by atoms with Crippen LogP contribution in [0.25, 0.3) is 4.96 Å². The second-order valence-electron chi connectivity index (χ2n) is 6.42. The van der Waals surface area contributed by atoms with Crippen molar-refractivity contribution in [1.82, 2.24) is 9.38 Å². The number of ether oxygens (including phenoxy) is 2. The first-order valence-electron chi connectivity index (χ1n) is 9.23. The monoisotopic (exact) mass is 435 g/mol. The van der Waals surface area contributed by atoms with Gasteiger partial charge in [0, 0.05) is 17.6 Å². The van der Waals surface area contributed by atoms with Gasteiger partial charge in [-0.15, -0.1) is 11.3 Å². The summed E-state index contributed by atoms with van der Waals surface area (Å²) in [6.45, 7) is -0.169. The van der Waals surface area contributed by atoms with Crippen LogP contribution < -0.4 is 15.6 Å². The number of anilines is 1. The molecule has 9 heteroatoms. The van der Waals surface area contributed by atoms with E-state index in [-0.39, 0.29) is 17.7 Å². The minimum atomic E-state index is -0.649. The summed E-state index contributed by atoms with van der Waals surface area (Å²) in [4.78, 5) is 42.3. The summed E-state index contributed by atoms with van der Waals surface area (Å²) < 4.78 is 12.0. The van der Waals surface area contributed by atoms with E-state index in [0.717, 1.165) is 0 Å². The standard InChI is InChI=1S/C22H17N3O5S/c1-29-18-9-5-3-7-16(18)20(27)24-17-8-4-2-6-15(17)21(28)30-13-14-12-19(26)25-10-11-31-22(25)23-14/h2-12H,13H2,1H3,(H,24,27). The maximum Gasteiger partial charge on any atom is 0.340 e. The number of carbonyl (C=O) groups excluding carboxylic acids is 2. The molecular weight excluding hydrogens is 418 g/mol. The molecule has 4 rings (SSSR count). The lowest BCUT2D eigenvalue weighted by Crippen LogP contribution is -2.17. The predicted octanol–water partition coefficient (Wildman–Crippen LogP) is 3.37. The van der Waals surface area contributed by atoms with Crippen molar-refractivity contribution in [3.05, 3.63) is 93.3 Å². The van der Waals surface area contributed by atoms with Gasteiger partial charge in [-0.1, -0.05) is 24.3 Å². The van der Waals surface area contributed by atoms with E-state index in [9.17, 15) is 14.4 Å². The maximum atomic E-state index is 12.7. The quantitative estimate of drug-likeness (QED) is 0.466. The first kappa shape index (κ1) is 20.3. The average molecular weight is 435 g/mol. The Bertz CT molecular complexity index is 1330. The van der Waals surface area contributed by atoms with Crippen LogP contribution >= 0.6 is 11.3 Å². The minimum absolute atomic E-state index is 0.169. The van der Waals surface area contributed by atoms with Crippen LogP contribution in [-0.4, -0.2) is 28.4 Å². The molecule has 0 saturated heterocycles. The van der Waals surface area contributed by atoms with Gasteiger partial charge in [-0.05, 0) is 24.3 Å². The molecule has 0 aliphatic carbocycles. The summed E-state index contributed by atoms with van der Waals surface area (Å²) >= 11 is 1.31. The second kappa shape index (κ2) is 8.80. The molecule has 4 aromatic rings. The second-order valence-corrected chi connectivity index (χ2v) is 7.29. The van der Waals surface area contributed by atoms with Gasteiger partial charge in [0.1, 0.15) is 12.4 Å². The van der Waals surface area contributed by atoms with Crippen LogP contribution in [0.3, 0.4) is 0 Å². The number of hydrogen-bond donors (Lipinski definition) is 1. The number of carbonyl (C=O) groups is 2. The summed E-state index contributed by atoms with van der Waals surface area (Å²) in [5.41, 5.74) is 0.907. The Labute approximate surface area is 180 Å².